The van der Waals surface area contributed by atoms with Gasteiger partial charge in [0.1, 0.15) is 6.10 Å². The summed E-state index contributed by atoms with van der Waals surface area (Å²) in [7, 11) is 2.65. The van der Waals surface area contributed by atoms with Crippen LogP contribution in [-0.2, 0) is 23.7 Å². The van der Waals surface area contributed by atoms with Crippen molar-refractivity contribution in [2.24, 2.45) is 0 Å². The molecule has 4 atom stereocenters. The minimum atomic E-state index is -2.33. The minimum absolute atomic E-state index is 0.0563. The fraction of sp³-hybridized carbons (Fsp3) is 1.00. The van der Waals surface area contributed by atoms with Crippen LogP contribution in [0, 0.1) is 0 Å². The molecule has 1 rings (SSSR count). The highest BCUT2D eigenvalue weighted by Crippen LogP contribution is 2.30. The van der Waals surface area contributed by atoms with Crippen molar-refractivity contribution in [1.82, 2.24) is 0 Å². The lowest BCUT2D eigenvalue weighted by molar-refractivity contribution is -0.426. The van der Waals surface area contributed by atoms with E-state index in [1.165, 1.54) is 14.2 Å². The number of ether oxygens (including phenoxy) is 5. The highest BCUT2D eigenvalue weighted by molar-refractivity contribution is 4.86. The number of hydrogen-bond acceptors (Lipinski definition) is 9. The van der Waals surface area contributed by atoms with Gasteiger partial charge in [0.2, 0.25) is 12.1 Å². The second-order valence-electron chi connectivity index (χ2n) is 4.30. The number of aliphatic hydroxyl groups excluding tert-OH is 2. The van der Waals surface area contributed by atoms with E-state index in [2.05, 4.69) is 0 Å². The highest BCUT2D eigenvalue weighted by Gasteiger charge is 2.49. The van der Waals surface area contributed by atoms with Crippen molar-refractivity contribution in [1.29, 1.82) is 0 Å². The van der Waals surface area contributed by atoms with Gasteiger partial charge in [0, 0.05) is 20.6 Å². The normalized spacial score (nSPS) is 31.2. The van der Waals surface area contributed by atoms with Gasteiger partial charge in [-0.15, -0.1) is 0 Å². The maximum absolute atomic E-state index is 9.90. The van der Waals surface area contributed by atoms with E-state index < -0.39 is 30.8 Å². The second-order valence-corrected chi connectivity index (χ2v) is 4.30. The summed E-state index contributed by atoms with van der Waals surface area (Å²) in [6.07, 6.45) is -3.16. The molecule has 4 N–H and O–H groups in total. The third kappa shape index (κ3) is 4.58. The summed E-state index contributed by atoms with van der Waals surface area (Å²) in [5.74, 6) is -2.33. The number of aliphatic hydroxyl groups is 4. The quantitative estimate of drug-likeness (QED) is 0.367. The van der Waals surface area contributed by atoms with Gasteiger partial charge in [-0.3, -0.25) is 4.74 Å². The van der Waals surface area contributed by atoms with E-state index in [1.54, 1.807) is 0 Å². The molecule has 0 radical (unpaired) electrons. The summed E-state index contributed by atoms with van der Waals surface area (Å²) >= 11 is 0. The highest BCUT2D eigenvalue weighted by atomic mass is 16.9. The average Bonchev–Trinajstić information content (AvgIpc) is 2.44. The molecule has 9 nitrogen and oxygen atoms in total. The Bertz CT molecular complexity index is 273. The summed E-state index contributed by atoms with van der Waals surface area (Å²) in [5.41, 5.74) is 0. The molecule has 20 heavy (non-hydrogen) atoms. The van der Waals surface area contributed by atoms with Crippen molar-refractivity contribution in [3.05, 3.63) is 0 Å². The first-order chi connectivity index (χ1) is 9.48. The molecule has 120 valence electrons. The van der Waals surface area contributed by atoms with Crippen molar-refractivity contribution in [3.63, 3.8) is 0 Å². The van der Waals surface area contributed by atoms with Gasteiger partial charge in [0.15, 0.2) is 0 Å². The zero-order valence-corrected chi connectivity index (χ0v) is 11.5. The topological polar surface area (TPSA) is 127 Å². The zero-order chi connectivity index (χ0) is 15.2. The van der Waals surface area contributed by atoms with Gasteiger partial charge in [-0.1, -0.05) is 0 Å². The number of methoxy groups -OCH3 is 2. The average molecular weight is 298 g/mol. The second kappa shape index (κ2) is 8.17. The molecule has 1 heterocycles. The van der Waals surface area contributed by atoms with E-state index in [0.717, 1.165) is 0 Å². The molecule has 1 aliphatic rings. The molecule has 0 spiro atoms. The van der Waals surface area contributed by atoms with Crippen molar-refractivity contribution in [2.75, 3.05) is 34.0 Å². The van der Waals surface area contributed by atoms with Gasteiger partial charge in [0.05, 0.1) is 25.9 Å². The van der Waals surface area contributed by atoms with Crippen LogP contribution in [0.4, 0.5) is 0 Å². The molecular weight excluding hydrogens is 276 g/mol. The lowest BCUT2D eigenvalue weighted by Crippen LogP contribution is -2.59. The summed E-state index contributed by atoms with van der Waals surface area (Å²) < 4.78 is 25.2. The van der Waals surface area contributed by atoms with Crippen LogP contribution in [0.1, 0.15) is 6.42 Å². The zero-order valence-electron chi connectivity index (χ0n) is 11.5. The van der Waals surface area contributed by atoms with Gasteiger partial charge in [-0.05, 0) is 0 Å². The molecule has 0 saturated carbocycles. The van der Waals surface area contributed by atoms with Crippen LogP contribution in [0.3, 0.4) is 0 Å². The Morgan fingerprint density at radius 1 is 1.30 bits per heavy atom. The molecule has 4 unspecified atom stereocenters. The van der Waals surface area contributed by atoms with Crippen LogP contribution in [0.2, 0.25) is 0 Å². The summed E-state index contributed by atoms with van der Waals surface area (Å²) in [6.45, 7) is -1.92. The molecule has 0 aliphatic carbocycles. The lowest BCUT2D eigenvalue weighted by atomic mass is 10.00. The Kier molecular flexibility index (Phi) is 7.23. The summed E-state index contributed by atoms with van der Waals surface area (Å²) in [5, 5.41) is 37.6. The molecule has 0 aromatic rings. The van der Waals surface area contributed by atoms with E-state index in [1.807, 2.05) is 0 Å². The SMILES string of the molecule is COC(OCCO)OC1OC(CO)C(OC)CC1(O)O. The fourth-order valence-corrected chi connectivity index (χ4v) is 1.83. The van der Waals surface area contributed by atoms with E-state index in [9.17, 15) is 15.3 Å². The molecule has 0 aromatic heterocycles. The molecule has 0 aromatic carbocycles. The van der Waals surface area contributed by atoms with Crippen molar-refractivity contribution in [3.8, 4) is 0 Å². The van der Waals surface area contributed by atoms with E-state index in [0.29, 0.717) is 0 Å². The number of rotatable bonds is 8. The van der Waals surface area contributed by atoms with Crippen LogP contribution in [-0.4, -0.2) is 85.2 Å². The Morgan fingerprint density at radius 2 is 2.00 bits per heavy atom. The molecule has 9 heteroatoms. The Balaban J connectivity index is 2.66. The van der Waals surface area contributed by atoms with E-state index >= 15 is 0 Å². The Hall–Kier alpha value is -0.360. The van der Waals surface area contributed by atoms with Crippen LogP contribution >= 0.6 is 0 Å². The minimum Gasteiger partial charge on any atom is -0.394 e. The predicted octanol–water partition coefficient (Wildman–Crippen LogP) is -2.25. The van der Waals surface area contributed by atoms with Crippen molar-refractivity contribution in [2.45, 2.75) is 37.2 Å². The van der Waals surface area contributed by atoms with Gasteiger partial charge in [-0.25, -0.2) is 0 Å². The van der Waals surface area contributed by atoms with Crippen molar-refractivity contribution >= 4 is 0 Å². The lowest BCUT2D eigenvalue weighted by Gasteiger charge is -2.42. The monoisotopic (exact) mass is 298 g/mol. The molecule has 1 saturated heterocycles. The first-order valence-electron chi connectivity index (χ1n) is 6.13. The Morgan fingerprint density at radius 3 is 2.50 bits per heavy atom. The van der Waals surface area contributed by atoms with E-state index in [4.69, 9.17) is 28.8 Å². The smallest absolute Gasteiger partial charge is 0.273 e. The standard InChI is InChI=1S/C11H22O9/c1-16-7-5-11(14,15)9(19-8(7)6-13)20-10(17-2)18-4-3-12/h7-10,12-15H,3-6H2,1-2H3. The van der Waals surface area contributed by atoms with Gasteiger partial charge in [0.25, 0.3) is 6.48 Å². The molecule has 0 amide bonds. The van der Waals surface area contributed by atoms with Crippen LogP contribution < -0.4 is 0 Å². The largest absolute Gasteiger partial charge is 0.394 e. The van der Waals surface area contributed by atoms with Crippen LogP contribution in [0.15, 0.2) is 0 Å². The summed E-state index contributed by atoms with van der Waals surface area (Å²) in [6, 6.07) is 0. The molecule has 1 fully saturated rings. The number of hydrogen-bond donors (Lipinski definition) is 4. The fourth-order valence-electron chi connectivity index (χ4n) is 1.83. The van der Waals surface area contributed by atoms with Gasteiger partial charge >= 0.3 is 0 Å². The van der Waals surface area contributed by atoms with Crippen LogP contribution in [0.5, 0.6) is 0 Å². The van der Waals surface area contributed by atoms with Gasteiger partial charge < -0.3 is 39.4 Å². The predicted molar refractivity (Wildman–Crippen MR) is 63.2 cm³/mol. The molecular formula is C11H22O9. The third-order valence-corrected chi connectivity index (χ3v) is 2.85. The third-order valence-electron chi connectivity index (χ3n) is 2.85. The molecule has 1 aliphatic heterocycles. The maximum Gasteiger partial charge on any atom is 0.273 e. The first kappa shape index (κ1) is 17.7. The summed E-state index contributed by atoms with van der Waals surface area (Å²) in [4.78, 5) is 0. The Labute approximate surface area is 116 Å². The van der Waals surface area contributed by atoms with Crippen molar-refractivity contribution < 1.29 is 44.1 Å². The van der Waals surface area contributed by atoms with Gasteiger partial charge in [-0.2, -0.15) is 0 Å². The first-order valence-corrected chi connectivity index (χ1v) is 6.13. The molecule has 0 bridgehead atoms. The van der Waals surface area contributed by atoms with E-state index in [-0.39, 0.29) is 26.2 Å². The van der Waals surface area contributed by atoms with Crippen LogP contribution in [0.25, 0.3) is 0 Å². The maximum atomic E-state index is 9.90.